The van der Waals surface area contributed by atoms with Gasteiger partial charge in [0.05, 0.1) is 0 Å². The van der Waals surface area contributed by atoms with E-state index in [-0.39, 0.29) is 6.04 Å². The smallest absolute Gasteiger partial charge is 0.320 e. The molecule has 19 heavy (non-hydrogen) atoms. The minimum absolute atomic E-state index is 0.387. The summed E-state index contributed by atoms with van der Waals surface area (Å²) in [5.41, 5.74) is 2.51. The molecule has 1 fully saturated rings. The second-order valence-corrected chi connectivity index (χ2v) is 5.13. The van der Waals surface area contributed by atoms with Gasteiger partial charge in [0.25, 0.3) is 0 Å². The van der Waals surface area contributed by atoms with Crippen LogP contribution in [0.1, 0.15) is 18.1 Å². The van der Waals surface area contributed by atoms with Crippen molar-refractivity contribution in [1.82, 2.24) is 14.8 Å². The lowest BCUT2D eigenvalue weighted by molar-refractivity contribution is -0.143. The molecule has 1 aromatic rings. The zero-order valence-electron chi connectivity index (χ0n) is 11.5. The third kappa shape index (κ3) is 3.52. The predicted molar refractivity (Wildman–Crippen MR) is 72.9 cm³/mol. The van der Waals surface area contributed by atoms with Crippen LogP contribution in [0.4, 0.5) is 0 Å². The Morgan fingerprint density at radius 2 is 2.11 bits per heavy atom. The van der Waals surface area contributed by atoms with E-state index < -0.39 is 5.97 Å². The van der Waals surface area contributed by atoms with E-state index >= 15 is 0 Å². The number of pyridine rings is 1. The molecule has 1 aromatic heterocycles. The van der Waals surface area contributed by atoms with Crippen molar-refractivity contribution in [2.24, 2.45) is 0 Å². The van der Waals surface area contributed by atoms with Gasteiger partial charge in [0.2, 0.25) is 0 Å². The standard InChI is InChI=1S/C14H21N3O2/c1-11-3-4-15-9-13(11)10-16-5-7-17(8-6-16)12(2)14(18)19/h3-4,9,12H,5-8,10H2,1-2H3,(H,18,19). The summed E-state index contributed by atoms with van der Waals surface area (Å²) in [5, 5.41) is 9.01. The van der Waals surface area contributed by atoms with Crippen molar-refractivity contribution in [2.75, 3.05) is 26.2 Å². The van der Waals surface area contributed by atoms with Crippen LogP contribution in [0.3, 0.4) is 0 Å². The number of rotatable bonds is 4. The molecule has 0 aromatic carbocycles. The van der Waals surface area contributed by atoms with E-state index in [1.165, 1.54) is 11.1 Å². The third-order valence-electron chi connectivity index (χ3n) is 3.85. The highest BCUT2D eigenvalue weighted by Crippen LogP contribution is 2.12. The van der Waals surface area contributed by atoms with E-state index in [0.717, 1.165) is 32.7 Å². The second kappa shape index (κ2) is 6.12. The van der Waals surface area contributed by atoms with Crippen LogP contribution in [0.25, 0.3) is 0 Å². The summed E-state index contributed by atoms with van der Waals surface area (Å²) in [6.45, 7) is 8.19. The molecular formula is C14H21N3O2. The molecule has 1 N–H and O–H groups in total. The van der Waals surface area contributed by atoms with Gasteiger partial charge in [-0.05, 0) is 31.0 Å². The summed E-state index contributed by atoms with van der Waals surface area (Å²) < 4.78 is 0. The predicted octanol–water partition coefficient (Wildman–Crippen LogP) is 0.981. The minimum Gasteiger partial charge on any atom is -0.480 e. The molecule has 1 aliphatic heterocycles. The first-order valence-electron chi connectivity index (χ1n) is 6.66. The molecule has 0 aliphatic carbocycles. The highest BCUT2D eigenvalue weighted by atomic mass is 16.4. The second-order valence-electron chi connectivity index (χ2n) is 5.13. The first-order valence-corrected chi connectivity index (χ1v) is 6.66. The van der Waals surface area contributed by atoms with Gasteiger partial charge in [0, 0.05) is 45.1 Å². The van der Waals surface area contributed by atoms with E-state index in [1.807, 2.05) is 23.4 Å². The Balaban J connectivity index is 1.87. The van der Waals surface area contributed by atoms with Gasteiger partial charge in [0.1, 0.15) is 6.04 Å². The van der Waals surface area contributed by atoms with Crippen LogP contribution in [0, 0.1) is 6.92 Å². The number of carbonyl (C=O) groups is 1. The van der Waals surface area contributed by atoms with Crippen molar-refractivity contribution in [1.29, 1.82) is 0 Å². The van der Waals surface area contributed by atoms with Crippen molar-refractivity contribution in [3.63, 3.8) is 0 Å². The number of carboxylic acid groups (broad SMARTS) is 1. The van der Waals surface area contributed by atoms with Crippen LogP contribution < -0.4 is 0 Å². The Morgan fingerprint density at radius 3 is 2.68 bits per heavy atom. The number of carboxylic acids is 1. The molecule has 2 heterocycles. The van der Waals surface area contributed by atoms with Gasteiger partial charge in [-0.25, -0.2) is 0 Å². The molecule has 1 aliphatic rings. The van der Waals surface area contributed by atoms with Crippen LogP contribution in [0.5, 0.6) is 0 Å². The molecule has 104 valence electrons. The Morgan fingerprint density at radius 1 is 1.42 bits per heavy atom. The van der Waals surface area contributed by atoms with Gasteiger partial charge in [-0.1, -0.05) is 0 Å². The van der Waals surface area contributed by atoms with Crippen molar-refractivity contribution in [2.45, 2.75) is 26.4 Å². The molecule has 2 rings (SSSR count). The first-order chi connectivity index (χ1) is 9.08. The van der Waals surface area contributed by atoms with Crippen molar-refractivity contribution in [3.05, 3.63) is 29.6 Å². The molecule has 5 nitrogen and oxygen atoms in total. The number of aryl methyl sites for hydroxylation is 1. The normalized spacial score (nSPS) is 19.3. The minimum atomic E-state index is -0.739. The summed E-state index contributed by atoms with van der Waals surface area (Å²) >= 11 is 0. The van der Waals surface area contributed by atoms with E-state index in [9.17, 15) is 4.79 Å². The monoisotopic (exact) mass is 263 g/mol. The zero-order valence-corrected chi connectivity index (χ0v) is 11.5. The lowest BCUT2D eigenvalue weighted by atomic mass is 10.1. The van der Waals surface area contributed by atoms with Crippen LogP contribution in [-0.2, 0) is 11.3 Å². The largest absolute Gasteiger partial charge is 0.480 e. The summed E-state index contributed by atoms with van der Waals surface area (Å²) in [5.74, 6) is -0.739. The summed E-state index contributed by atoms with van der Waals surface area (Å²) in [7, 11) is 0. The zero-order chi connectivity index (χ0) is 13.8. The van der Waals surface area contributed by atoms with Crippen molar-refractivity contribution >= 4 is 5.97 Å². The van der Waals surface area contributed by atoms with Gasteiger partial charge >= 0.3 is 5.97 Å². The maximum Gasteiger partial charge on any atom is 0.320 e. The number of nitrogens with zero attached hydrogens (tertiary/aromatic N) is 3. The van der Waals surface area contributed by atoms with Crippen molar-refractivity contribution in [3.8, 4) is 0 Å². The molecule has 5 heteroatoms. The Bertz CT molecular complexity index is 442. The van der Waals surface area contributed by atoms with Crippen LogP contribution in [0.15, 0.2) is 18.5 Å². The highest BCUT2D eigenvalue weighted by molar-refractivity contribution is 5.72. The average molecular weight is 263 g/mol. The topological polar surface area (TPSA) is 56.7 Å². The Kier molecular flexibility index (Phi) is 4.50. The molecule has 0 amide bonds. The highest BCUT2D eigenvalue weighted by Gasteiger charge is 2.25. The van der Waals surface area contributed by atoms with Gasteiger partial charge in [0.15, 0.2) is 0 Å². The first kappa shape index (κ1) is 14.0. The van der Waals surface area contributed by atoms with Crippen LogP contribution in [0.2, 0.25) is 0 Å². The van der Waals surface area contributed by atoms with E-state index in [1.54, 1.807) is 6.92 Å². The van der Waals surface area contributed by atoms with Gasteiger partial charge in [-0.2, -0.15) is 0 Å². The van der Waals surface area contributed by atoms with E-state index in [4.69, 9.17) is 5.11 Å². The van der Waals surface area contributed by atoms with Crippen LogP contribution >= 0.6 is 0 Å². The molecule has 1 unspecified atom stereocenters. The molecule has 0 radical (unpaired) electrons. The average Bonchev–Trinajstić information content (AvgIpc) is 2.41. The number of aliphatic carboxylic acids is 1. The van der Waals surface area contributed by atoms with E-state index in [0.29, 0.717) is 0 Å². The summed E-state index contributed by atoms with van der Waals surface area (Å²) in [6, 6.07) is 1.64. The fourth-order valence-electron chi connectivity index (χ4n) is 2.37. The van der Waals surface area contributed by atoms with Crippen molar-refractivity contribution < 1.29 is 9.90 Å². The summed E-state index contributed by atoms with van der Waals surface area (Å²) in [6.07, 6.45) is 3.73. The molecule has 1 atom stereocenters. The fourth-order valence-corrected chi connectivity index (χ4v) is 2.37. The molecule has 0 saturated carbocycles. The maximum absolute atomic E-state index is 11.0. The number of aromatic nitrogens is 1. The SMILES string of the molecule is Cc1ccncc1CN1CCN(C(C)C(=O)O)CC1. The van der Waals surface area contributed by atoms with Gasteiger partial charge < -0.3 is 5.11 Å². The molecule has 0 spiro atoms. The fraction of sp³-hybridized carbons (Fsp3) is 0.571. The maximum atomic E-state index is 11.0. The van der Waals surface area contributed by atoms with Gasteiger partial charge in [-0.3, -0.25) is 19.6 Å². The summed E-state index contributed by atoms with van der Waals surface area (Å²) in [4.78, 5) is 19.5. The number of hydrogen-bond donors (Lipinski definition) is 1. The number of hydrogen-bond acceptors (Lipinski definition) is 4. The number of piperazine rings is 1. The molecule has 0 bridgehead atoms. The molecular weight excluding hydrogens is 242 g/mol. The molecule has 1 saturated heterocycles. The van der Waals surface area contributed by atoms with Crippen LogP contribution in [-0.4, -0.2) is 58.1 Å². The lowest BCUT2D eigenvalue weighted by Crippen LogP contribution is -2.51. The lowest BCUT2D eigenvalue weighted by Gasteiger charge is -2.36. The quantitative estimate of drug-likeness (QED) is 0.877. The van der Waals surface area contributed by atoms with E-state index in [2.05, 4.69) is 16.8 Å². The Hall–Kier alpha value is -1.46. The Labute approximate surface area is 113 Å². The van der Waals surface area contributed by atoms with Gasteiger partial charge in [-0.15, -0.1) is 0 Å². The third-order valence-corrected chi connectivity index (χ3v) is 3.85.